The Bertz CT molecular complexity index is 736. The van der Waals surface area contributed by atoms with Gasteiger partial charge in [-0.05, 0) is 17.2 Å². The third-order valence-electron chi connectivity index (χ3n) is 4.79. The highest BCUT2D eigenvalue weighted by Gasteiger charge is 2.40. The molecular weight excluding hydrogens is 322 g/mol. The molecule has 0 aromatic heterocycles. The third-order valence-corrected chi connectivity index (χ3v) is 5.14. The maximum atomic E-state index is 12.3. The highest BCUT2D eigenvalue weighted by molar-refractivity contribution is 6.31. The summed E-state index contributed by atoms with van der Waals surface area (Å²) in [5.74, 6) is 0.199. The molecule has 2 aliphatic rings. The second kappa shape index (κ2) is 6.55. The Hall–Kier alpha value is -1.88. The average molecular weight is 342 g/mol. The number of carbonyl (C=O) groups excluding carboxylic acids is 1. The van der Waals surface area contributed by atoms with Gasteiger partial charge < -0.3 is 0 Å². The largest absolute Gasteiger partial charge is 0.278 e. The lowest BCUT2D eigenvalue weighted by Gasteiger charge is -2.45. The molecule has 2 aromatic rings. The molecule has 2 fully saturated rings. The van der Waals surface area contributed by atoms with Crippen molar-refractivity contribution in [1.29, 1.82) is 0 Å². The molecule has 2 heterocycles. The molecule has 0 spiro atoms. The summed E-state index contributed by atoms with van der Waals surface area (Å²) in [5.41, 5.74) is 2.35. The molecule has 0 bridgehead atoms. The van der Waals surface area contributed by atoms with Gasteiger partial charge in [-0.15, -0.1) is 0 Å². The number of fused-ring (bicyclic) bond motifs is 1. The van der Waals surface area contributed by atoms with Crippen molar-refractivity contribution in [2.75, 3.05) is 19.8 Å². The maximum Gasteiger partial charge on any atom is 0.239 e. The van der Waals surface area contributed by atoms with Crippen molar-refractivity contribution in [3.05, 3.63) is 70.7 Å². The number of halogens is 1. The van der Waals surface area contributed by atoms with E-state index >= 15 is 0 Å². The van der Waals surface area contributed by atoms with E-state index in [4.69, 9.17) is 11.6 Å². The van der Waals surface area contributed by atoms with Crippen molar-refractivity contribution in [3.8, 4) is 0 Å². The Balaban J connectivity index is 1.62. The molecule has 0 radical (unpaired) electrons. The van der Waals surface area contributed by atoms with Crippen LogP contribution in [0.4, 0.5) is 0 Å². The number of rotatable bonds is 3. The Morgan fingerprint density at radius 2 is 1.79 bits per heavy atom. The fourth-order valence-electron chi connectivity index (χ4n) is 3.63. The number of hydrogen-bond donors (Lipinski definition) is 0. The van der Waals surface area contributed by atoms with Crippen molar-refractivity contribution in [2.45, 2.75) is 19.0 Å². The number of nitrogens with zero attached hydrogens (tertiary/aromatic N) is 3. The van der Waals surface area contributed by atoms with E-state index in [-0.39, 0.29) is 11.9 Å². The molecule has 124 valence electrons. The van der Waals surface area contributed by atoms with Crippen LogP contribution in [0.2, 0.25) is 5.02 Å². The van der Waals surface area contributed by atoms with Crippen LogP contribution in [0.3, 0.4) is 0 Å². The van der Waals surface area contributed by atoms with Gasteiger partial charge in [-0.1, -0.05) is 60.1 Å². The summed E-state index contributed by atoms with van der Waals surface area (Å²) in [6.45, 7) is 3.12. The van der Waals surface area contributed by atoms with E-state index < -0.39 is 0 Å². The molecule has 4 nitrogen and oxygen atoms in total. The highest BCUT2D eigenvalue weighted by atomic mass is 35.5. The molecular formula is C19H20ClN3O. The van der Waals surface area contributed by atoms with Gasteiger partial charge in [0, 0.05) is 31.1 Å². The van der Waals surface area contributed by atoms with Gasteiger partial charge in [0.05, 0.1) is 12.7 Å². The van der Waals surface area contributed by atoms with Crippen LogP contribution in [0.25, 0.3) is 0 Å². The fraction of sp³-hybridized carbons (Fsp3) is 0.316. The number of hydrazine groups is 1. The molecule has 24 heavy (non-hydrogen) atoms. The zero-order chi connectivity index (χ0) is 16.5. The Morgan fingerprint density at radius 3 is 2.58 bits per heavy atom. The smallest absolute Gasteiger partial charge is 0.239 e. The molecule has 1 amide bonds. The minimum atomic E-state index is 0.114. The van der Waals surface area contributed by atoms with Crippen molar-refractivity contribution in [1.82, 2.24) is 14.9 Å². The molecule has 0 N–H and O–H groups in total. The Labute approximate surface area is 147 Å². The van der Waals surface area contributed by atoms with Crippen molar-refractivity contribution < 1.29 is 4.79 Å². The van der Waals surface area contributed by atoms with E-state index in [1.807, 2.05) is 29.3 Å². The molecule has 0 saturated carbocycles. The standard InChI is InChI=1S/C19H20ClN3O/c20-17-9-5-4-8-16(17)18-13-21(12-15-6-2-1-3-7-15)14-23-19(24)10-11-22(18)23/h1-9,18H,10-14H2. The average Bonchev–Trinajstić information content (AvgIpc) is 2.97. The Kier molecular flexibility index (Phi) is 4.27. The summed E-state index contributed by atoms with van der Waals surface area (Å²) >= 11 is 6.44. The molecule has 1 unspecified atom stereocenters. The number of hydrogen-bond acceptors (Lipinski definition) is 3. The summed E-state index contributed by atoms with van der Waals surface area (Å²) in [6.07, 6.45) is 0.583. The van der Waals surface area contributed by atoms with Crippen LogP contribution >= 0.6 is 11.6 Å². The van der Waals surface area contributed by atoms with Crippen molar-refractivity contribution >= 4 is 17.5 Å². The van der Waals surface area contributed by atoms with Gasteiger partial charge in [0.2, 0.25) is 5.91 Å². The molecule has 2 saturated heterocycles. The Morgan fingerprint density at radius 1 is 1.04 bits per heavy atom. The number of carbonyl (C=O) groups is 1. The van der Waals surface area contributed by atoms with Gasteiger partial charge in [0.15, 0.2) is 0 Å². The molecule has 5 heteroatoms. The first-order chi connectivity index (χ1) is 11.7. The van der Waals surface area contributed by atoms with E-state index in [1.165, 1.54) is 5.56 Å². The van der Waals surface area contributed by atoms with Gasteiger partial charge >= 0.3 is 0 Å². The monoisotopic (exact) mass is 341 g/mol. The van der Waals surface area contributed by atoms with E-state index in [1.54, 1.807) is 0 Å². The number of amides is 1. The van der Waals surface area contributed by atoms with Gasteiger partial charge in [-0.3, -0.25) is 14.7 Å². The molecule has 0 aliphatic carbocycles. The second-order valence-electron chi connectivity index (χ2n) is 6.38. The summed E-state index contributed by atoms with van der Waals surface area (Å²) in [5, 5.41) is 4.84. The quantitative estimate of drug-likeness (QED) is 0.857. The first-order valence-corrected chi connectivity index (χ1v) is 8.68. The summed E-state index contributed by atoms with van der Waals surface area (Å²) < 4.78 is 0. The fourth-order valence-corrected chi connectivity index (χ4v) is 3.90. The lowest BCUT2D eigenvalue weighted by Crippen LogP contribution is -2.55. The van der Waals surface area contributed by atoms with Gasteiger partial charge in [-0.2, -0.15) is 0 Å². The second-order valence-corrected chi connectivity index (χ2v) is 6.79. The van der Waals surface area contributed by atoms with E-state index in [0.29, 0.717) is 13.1 Å². The van der Waals surface area contributed by atoms with Crippen molar-refractivity contribution in [2.24, 2.45) is 0 Å². The zero-order valence-electron chi connectivity index (χ0n) is 13.4. The molecule has 4 rings (SSSR count). The lowest BCUT2D eigenvalue weighted by atomic mass is 10.0. The third kappa shape index (κ3) is 2.93. The van der Waals surface area contributed by atoms with Crippen LogP contribution < -0.4 is 0 Å². The summed E-state index contributed by atoms with van der Waals surface area (Å²) in [6, 6.07) is 18.5. The van der Waals surface area contributed by atoms with Crippen molar-refractivity contribution in [3.63, 3.8) is 0 Å². The summed E-state index contributed by atoms with van der Waals surface area (Å²) in [4.78, 5) is 14.6. The van der Waals surface area contributed by atoms with Crippen LogP contribution in [0.5, 0.6) is 0 Å². The highest BCUT2D eigenvalue weighted by Crippen LogP contribution is 2.35. The molecule has 2 aliphatic heterocycles. The molecule has 2 aromatic carbocycles. The predicted molar refractivity (Wildman–Crippen MR) is 94.1 cm³/mol. The van der Waals surface area contributed by atoms with E-state index in [2.05, 4.69) is 40.2 Å². The zero-order valence-corrected chi connectivity index (χ0v) is 14.2. The van der Waals surface area contributed by atoms with Gasteiger partial charge in [0.25, 0.3) is 0 Å². The lowest BCUT2D eigenvalue weighted by molar-refractivity contribution is -0.158. The topological polar surface area (TPSA) is 26.8 Å². The summed E-state index contributed by atoms with van der Waals surface area (Å²) in [7, 11) is 0. The first kappa shape index (κ1) is 15.6. The minimum Gasteiger partial charge on any atom is -0.278 e. The molecule has 1 atom stereocenters. The van der Waals surface area contributed by atoms with Gasteiger partial charge in [0.1, 0.15) is 0 Å². The van der Waals surface area contributed by atoms with E-state index in [9.17, 15) is 4.79 Å². The minimum absolute atomic E-state index is 0.114. The number of benzene rings is 2. The predicted octanol–water partition coefficient (Wildman–Crippen LogP) is 3.30. The van der Waals surface area contributed by atoms with Gasteiger partial charge in [-0.25, -0.2) is 5.01 Å². The van der Waals surface area contributed by atoms with Crippen LogP contribution in [0.15, 0.2) is 54.6 Å². The SMILES string of the molecule is O=C1CCN2C(c3ccccc3Cl)CN(Cc3ccccc3)CN12. The van der Waals surface area contributed by atoms with Crippen LogP contribution in [-0.4, -0.2) is 40.6 Å². The first-order valence-electron chi connectivity index (χ1n) is 8.30. The van der Waals surface area contributed by atoms with Crippen LogP contribution in [-0.2, 0) is 11.3 Å². The maximum absolute atomic E-state index is 12.3. The van der Waals surface area contributed by atoms with E-state index in [0.717, 1.165) is 30.2 Å². The normalized spacial score (nSPS) is 22.0. The van der Waals surface area contributed by atoms with Crippen LogP contribution in [0.1, 0.15) is 23.6 Å². The van der Waals surface area contributed by atoms with Crippen LogP contribution in [0, 0.1) is 0 Å².